The smallest absolute Gasteiger partial charge is 0.261 e. The zero-order chi connectivity index (χ0) is 18.6. The van der Waals surface area contributed by atoms with Crippen molar-refractivity contribution in [3.63, 3.8) is 0 Å². The fourth-order valence-electron chi connectivity index (χ4n) is 3.17. The summed E-state index contributed by atoms with van der Waals surface area (Å²) in [5.41, 5.74) is 1.91. The number of hydrogen-bond donors (Lipinski definition) is 2. The van der Waals surface area contributed by atoms with Gasteiger partial charge in [-0.2, -0.15) is 5.26 Å². The van der Waals surface area contributed by atoms with Gasteiger partial charge in [0.1, 0.15) is 0 Å². The highest BCUT2D eigenvalue weighted by atomic mass is 32.2. The molecule has 2 N–H and O–H groups in total. The number of likely N-dealkylation sites (N-methyl/N-ethyl adjacent to an activating group) is 1. The Labute approximate surface area is 154 Å². The molecular formula is C19H23N4O2S+. The maximum absolute atomic E-state index is 12.7. The number of hydrogen-bond acceptors (Lipinski definition) is 4. The molecule has 1 heterocycles. The van der Waals surface area contributed by atoms with Crippen LogP contribution in [0.3, 0.4) is 0 Å². The zero-order valence-electron chi connectivity index (χ0n) is 14.8. The Morgan fingerprint density at radius 3 is 2.38 bits per heavy atom. The number of anilines is 2. The van der Waals surface area contributed by atoms with Crippen molar-refractivity contribution in [2.45, 2.75) is 11.8 Å². The summed E-state index contributed by atoms with van der Waals surface area (Å²) in [7, 11) is -3.71. The minimum absolute atomic E-state index is 0.145. The van der Waals surface area contributed by atoms with Gasteiger partial charge in [0.25, 0.3) is 10.0 Å². The van der Waals surface area contributed by atoms with Gasteiger partial charge in [-0.25, -0.2) is 8.42 Å². The highest BCUT2D eigenvalue weighted by Gasteiger charge is 2.22. The van der Waals surface area contributed by atoms with Crippen molar-refractivity contribution in [1.82, 2.24) is 0 Å². The first-order valence-corrected chi connectivity index (χ1v) is 10.2. The first kappa shape index (κ1) is 18.2. The average molecular weight is 371 g/mol. The number of piperazine rings is 1. The molecule has 1 saturated heterocycles. The number of para-hydroxylation sites is 2. The molecule has 0 aliphatic carbocycles. The number of nitrogens with zero attached hydrogens (tertiary/aromatic N) is 2. The summed E-state index contributed by atoms with van der Waals surface area (Å²) in [5, 5.41) is 8.86. The molecule has 0 radical (unpaired) electrons. The molecule has 1 aliphatic heterocycles. The summed E-state index contributed by atoms with van der Waals surface area (Å²) >= 11 is 0. The van der Waals surface area contributed by atoms with Crippen LogP contribution in [0.25, 0.3) is 0 Å². The van der Waals surface area contributed by atoms with E-state index in [9.17, 15) is 8.42 Å². The SMILES string of the molecule is CC[NH+]1CCN(c2ccccc2NS(=O)(=O)c2ccc(C#N)cc2)CC1. The molecule has 0 bridgehead atoms. The highest BCUT2D eigenvalue weighted by molar-refractivity contribution is 7.92. The Kier molecular flexibility index (Phi) is 5.45. The van der Waals surface area contributed by atoms with E-state index in [4.69, 9.17) is 5.26 Å². The van der Waals surface area contributed by atoms with Crippen LogP contribution in [0.15, 0.2) is 53.4 Å². The van der Waals surface area contributed by atoms with Gasteiger partial charge in [0.2, 0.25) is 0 Å². The summed E-state index contributed by atoms with van der Waals surface area (Å²) in [5.74, 6) is 0. The van der Waals surface area contributed by atoms with Crippen molar-refractivity contribution >= 4 is 21.4 Å². The fraction of sp³-hybridized carbons (Fsp3) is 0.316. The maximum Gasteiger partial charge on any atom is 0.261 e. The lowest BCUT2D eigenvalue weighted by Gasteiger charge is -2.34. The molecule has 0 unspecified atom stereocenters. The van der Waals surface area contributed by atoms with E-state index >= 15 is 0 Å². The van der Waals surface area contributed by atoms with Crippen LogP contribution in [0.4, 0.5) is 11.4 Å². The second kappa shape index (κ2) is 7.77. The molecular weight excluding hydrogens is 348 g/mol. The van der Waals surface area contributed by atoms with E-state index < -0.39 is 10.0 Å². The van der Waals surface area contributed by atoms with Crippen molar-refractivity contribution in [2.24, 2.45) is 0 Å². The molecule has 1 fully saturated rings. The van der Waals surface area contributed by atoms with Crippen LogP contribution in [-0.2, 0) is 10.0 Å². The molecule has 0 spiro atoms. The third kappa shape index (κ3) is 3.98. The Hall–Kier alpha value is -2.56. The van der Waals surface area contributed by atoms with Crippen LogP contribution >= 0.6 is 0 Å². The van der Waals surface area contributed by atoms with Crippen molar-refractivity contribution in [2.75, 3.05) is 42.3 Å². The number of quaternary nitrogens is 1. The van der Waals surface area contributed by atoms with E-state index in [-0.39, 0.29) is 4.90 Å². The quantitative estimate of drug-likeness (QED) is 0.825. The van der Waals surface area contributed by atoms with Crippen LogP contribution in [-0.4, -0.2) is 41.1 Å². The fourth-order valence-corrected chi connectivity index (χ4v) is 4.24. The summed E-state index contributed by atoms with van der Waals surface area (Å²) in [6, 6.07) is 15.4. The van der Waals surface area contributed by atoms with E-state index in [2.05, 4.69) is 16.5 Å². The molecule has 7 heteroatoms. The van der Waals surface area contributed by atoms with Gasteiger partial charge < -0.3 is 9.80 Å². The van der Waals surface area contributed by atoms with Gasteiger partial charge in [0, 0.05) is 0 Å². The molecule has 26 heavy (non-hydrogen) atoms. The topological polar surface area (TPSA) is 77.6 Å². The third-order valence-electron chi connectivity index (χ3n) is 4.75. The summed E-state index contributed by atoms with van der Waals surface area (Å²) in [6.45, 7) is 7.20. The molecule has 0 aromatic heterocycles. The Morgan fingerprint density at radius 2 is 1.77 bits per heavy atom. The monoisotopic (exact) mass is 371 g/mol. The predicted molar refractivity (Wildman–Crippen MR) is 102 cm³/mol. The Balaban J connectivity index is 1.82. The number of benzene rings is 2. The number of nitrogens with one attached hydrogen (secondary N) is 2. The number of nitriles is 1. The van der Waals surface area contributed by atoms with Crippen LogP contribution in [0.2, 0.25) is 0 Å². The van der Waals surface area contributed by atoms with Crippen molar-refractivity contribution in [1.29, 1.82) is 5.26 Å². The molecule has 6 nitrogen and oxygen atoms in total. The maximum atomic E-state index is 12.7. The third-order valence-corrected chi connectivity index (χ3v) is 6.13. The van der Waals surface area contributed by atoms with E-state index in [1.165, 1.54) is 24.3 Å². The van der Waals surface area contributed by atoms with Gasteiger partial charge in [0.05, 0.1) is 60.6 Å². The summed E-state index contributed by atoms with van der Waals surface area (Å²) in [4.78, 5) is 3.94. The molecule has 1 aliphatic rings. The largest absolute Gasteiger partial charge is 0.359 e. The molecule has 2 aromatic rings. The van der Waals surface area contributed by atoms with Crippen LogP contribution < -0.4 is 14.5 Å². The molecule has 2 aromatic carbocycles. The van der Waals surface area contributed by atoms with Gasteiger partial charge >= 0.3 is 0 Å². The van der Waals surface area contributed by atoms with Gasteiger partial charge in [-0.3, -0.25) is 4.72 Å². The standard InChI is InChI=1S/C19H22N4O2S/c1-2-22-11-13-23(14-12-22)19-6-4-3-5-18(19)21-26(24,25)17-9-7-16(15-20)8-10-17/h3-10,21H,2,11-14H2,1H3/p+1. The van der Waals surface area contributed by atoms with E-state index in [1.807, 2.05) is 24.3 Å². The number of rotatable bonds is 5. The summed E-state index contributed by atoms with van der Waals surface area (Å²) in [6.07, 6.45) is 0. The van der Waals surface area contributed by atoms with Gasteiger partial charge in [-0.05, 0) is 43.3 Å². The minimum atomic E-state index is -3.71. The lowest BCUT2D eigenvalue weighted by Crippen LogP contribution is -3.14. The lowest BCUT2D eigenvalue weighted by molar-refractivity contribution is -0.898. The normalized spacial score (nSPS) is 15.5. The minimum Gasteiger partial charge on any atom is -0.359 e. The predicted octanol–water partition coefficient (Wildman–Crippen LogP) is 1.08. The van der Waals surface area contributed by atoms with Gasteiger partial charge in [-0.15, -0.1) is 0 Å². The highest BCUT2D eigenvalue weighted by Crippen LogP contribution is 2.28. The molecule has 136 valence electrons. The Bertz CT molecular complexity index is 896. The van der Waals surface area contributed by atoms with Gasteiger partial charge in [0.15, 0.2) is 0 Å². The van der Waals surface area contributed by atoms with Crippen LogP contribution in [0.5, 0.6) is 0 Å². The average Bonchev–Trinajstić information content (AvgIpc) is 2.68. The molecule has 0 atom stereocenters. The second-order valence-electron chi connectivity index (χ2n) is 6.35. The van der Waals surface area contributed by atoms with Crippen molar-refractivity contribution in [3.8, 4) is 6.07 Å². The Morgan fingerprint density at radius 1 is 1.12 bits per heavy atom. The molecule has 0 amide bonds. The zero-order valence-corrected chi connectivity index (χ0v) is 15.6. The van der Waals surface area contributed by atoms with Crippen LogP contribution in [0.1, 0.15) is 12.5 Å². The van der Waals surface area contributed by atoms with E-state index in [1.54, 1.807) is 11.0 Å². The second-order valence-corrected chi connectivity index (χ2v) is 8.03. The van der Waals surface area contributed by atoms with E-state index in [0.29, 0.717) is 11.3 Å². The lowest BCUT2D eigenvalue weighted by atomic mass is 10.2. The molecule has 0 saturated carbocycles. The summed E-state index contributed by atoms with van der Waals surface area (Å²) < 4.78 is 28.1. The van der Waals surface area contributed by atoms with Crippen molar-refractivity contribution in [3.05, 3.63) is 54.1 Å². The van der Waals surface area contributed by atoms with E-state index in [0.717, 1.165) is 38.4 Å². The van der Waals surface area contributed by atoms with Gasteiger partial charge in [-0.1, -0.05) is 12.1 Å². The molecule has 3 rings (SSSR count). The van der Waals surface area contributed by atoms with Crippen LogP contribution in [0, 0.1) is 11.3 Å². The number of sulfonamides is 1. The first-order valence-electron chi connectivity index (χ1n) is 8.74. The first-order chi connectivity index (χ1) is 12.5. The van der Waals surface area contributed by atoms with Crippen molar-refractivity contribution < 1.29 is 13.3 Å².